The average Bonchev–Trinajstić information content (AvgIpc) is 2.14. The molecular formula is C10H22N2O2. The van der Waals surface area contributed by atoms with Gasteiger partial charge >= 0.3 is 0 Å². The molecule has 0 fully saturated rings. The molecule has 0 aromatic carbocycles. The Bertz CT molecular complexity index is 185. The summed E-state index contributed by atoms with van der Waals surface area (Å²) >= 11 is 0. The Morgan fingerprint density at radius 3 is 2.50 bits per heavy atom. The molecule has 84 valence electrons. The van der Waals surface area contributed by atoms with E-state index in [1.165, 1.54) is 0 Å². The first-order chi connectivity index (χ1) is 6.46. The lowest BCUT2D eigenvalue weighted by atomic mass is 10.0. The summed E-state index contributed by atoms with van der Waals surface area (Å²) < 4.78 is 5.24. The van der Waals surface area contributed by atoms with Gasteiger partial charge in [0, 0.05) is 12.6 Å². The molecule has 2 atom stereocenters. The average molecular weight is 202 g/mol. The first kappa shape index (κ1) is 13.4. The van der Waals surface area contributed by atoms with Gasteiger partial charge in [0.1, 0.15) is 5.54 Å². The van der Waals surface area contributed by atoms with Crippen LogP contribution in [0.2, 0.25) is 0 Å². The molecule has 0 saturated heterocycles. The highest BCUT2D eigenvalue weighted by Gasteiger charge is 2.32. The third kappa shape index (κ3) is 4.07. The number of ether oxygens (including phenoxy) is 1. The van der Waals surface area contributed by atoms with Gasteiger partial charge < -0.3 is 10.5 Å². The molecule has 0 radical (unpaired) electrons. The van der Waals surface area contributed by atoms with Crippen LogP contribution >= 0.6 is 0 Å². The summed E-state index contributed by atoms with van der Waals surface area (Å²) in [6.45, 7) is 8.66. The van der Waals surface area contributed by atoms with Gasteiger partial charge in [-0.25, -0.2) is 0 Å². The van der Waals surface area contributed by atoms with Crippen LogP contribution < -0.4 is 11.1 Å². The maximum atomic E-state index is 11.3. The van der Waals surface area contributed by atoms with Gasteiger partial charge in [-0.1, -0.05) is 6.92 Å². The van der Waals surface area contributed by atoms with Gasteiger partial charge in [-0.05, 0) is 27.2 Å². The lowest BCUT2D eigenvalue weighted by Crippen LogP contribution is -2.58. The first-order valence-corrected chi connectivity index (χ1v) is 5.11. The van der Waals surface area contributed by atoms with Gasteiger partial charge in [0.2, 0.25) is 5.91 Å². The second-order valence-electron chi connectivity index (χ2n) is 3.79. The maximum Gasteiger partial charge on any atom is 0.239 e. The van der Waals surface area contributed by atoms with Crippen molar-refractivity contribution in [2.24, 2.45) is 5.73 Å². The van der Waals surface area contributed by atoms with E-state index < -0.39 is 5.54 Å². The van der Waals surface area contributed by atoms with E-state index in [9.17, 15) is 4.79 Å². The third-order valence-electron chi connectivity index (χ3n) is 2.32. The van der Waals surface area contributed by atoms with Gasteiger partial charge in [-0.3, -0.25) is 10.1 Å². The zero-order chi connectivity index (χ0) is 11.2. The van der Waals surface area contributed by atoms with Gasteiger partial charge in [-0.15, -0.1) is 0 Å². The maximum absolute atomic E-state index is 11.3. The number of primary amides is 1. The van der Waals surface area contributed by atoms with Crippen molar-refractivity contribution < 1.29 is 9.53 Å². The van der Waals surface area contributed by atoms with E-state index in [1.807, 2.05) is 13.8 Å². The minimum Gasteiger partial charge on any atom is -0.379 e. The molecule has 3 N–H and O–H groups in total. The number of hydrogen-bond acceptors (Lipinski definition) is 3. The summed E-state index contributed by atoms with van der Waals surface area (Å²) in [4.78, 5) is 11.3. The Balaban J connectivity index is 4.31. The van der Waals surface area contributed by atoms with Crippen LogP contribution in [0.1, 0.15) is 34.1 Å². The third-order valence-corrected chi connectivity index (χ3v) is 2.32. The molecule has 2 unspecified atom stereocenters. The van der Waals surface area contributed by atoms with E-state index in [-0.39, 0.29) is 11.9 Å². The van der Waals surface area contributed by atoms with Crippen LogP contribution in [0.15, 0.2) is 0 Å². The summed E-state index contributed by atoms with van der Waals surface area (Å²) in [6, 6.07) is 0.257. The van der Waals surface area contributed by atoms with Crippen LogP contribution in [-0.4, -0.2) is 30.7 Å². The Hall–Kier alpha value is -0.610. The van der Waals surface area contributed by atoms with Crippen LogP contribution in [0, 0.1) is 0 Å². The highest BCUT2D eigenvalue weighted by molar-refractivity contribution is 5.84. The Morgan fingerprint density at radius 2 is 2.14 bits per heavy atom. The lowest BCUT2D eigenvalue weighted by Gasteiger charge is -2.30. The molecular weight excluding hydrogens is 180 g/mol. The lowest BCUT2D eigenvalue weighted by molar-refractivity contribution is -0.126. The van der Waals surface area contributed by atoms with Crippen molar-refractivity contribution >= 4 is 5.91 Å². The smallest absolute Gasteiger partial charge is 0.239 e. The minimum atomic E-state index is -0.758. The minimum absolute atomic E-state index is 0.257. The van der Waals surface area contributed by atoms with E-state index in [0.29, 0.717) is 13.2 Å². The van der Waals surface area contributed by atoms with E-state index in [2.05, 4.69) is 12.2 Å². The van der Waals surface area contributed by atoms with Gasteiger partial charge in [0.05, 0.1) is 6.61 Å². The topological polar surface area (TPSA) is 64.3 Å². The Morgan fingerprint density at radius 1 is 1.57 bits per heavy atom. The SMILES string of the molecule is CCOCC(C)(NC(C)CC)C(N)=O. The molecule has 0 spiro atoms. The van der Waals surface area contributed by atoms with Crippen LogP contribution in [-0.2, 0) is 9.53 Å². The van der Waals surface area contributed by atoms with Crippen molar-refractivity contribution in [2.45, 2.75) is 45.7 Å². The molecule has 4 nitrogen and oxygen atoms in total. The van der Waals surface area contributed by atoms with Gasteiger partial charge in [0.25, 0.3) is 0 Å². The number of rotatable bonds is 7. The highest BCUT2D eigenvalue weighted by atomic mass is 16.5. The molecule has 0 bridgehead atoms. The van der Waals surface area contributed by atoms with Crippen molar-refractivity contribution in [1.82, 2.24) is 5.32 Å². The summed E-state index contributed by atoms with van der Waals surface area (Å²) in [6.07, 6.45) is 0.953. The van der Waals surface area contributed by atoms with E-state index in [0.717, 1.165) is 6.42 Å². The van der Waals surface area contributed by atoms with Crippen molar-refractivity contribution in [3.8, 4) is 0 Å². The first-order valence-electron chi connectivity index (χ1n) is 5.11. The highest BCUT2D eigenvalue weighted by Crippen LogP contribution is 2.06. The molecule has 0 aromatic rings. The fraction of sp³-hybridized carbons (Fsp3) is 0.900. The normalized spacial score (nSPS) is 17.4. The number of amides is 1. The molecule has 14 heavy (non-hydrogen) atoms. The number of hydrogen-bond donors (Lipinski definition) is 2. The van der Waals surface area contributed by atoms with Crippen molar-refractivity contribution in [3.05, 3.63) is 0 Å². The van der Waals surface area contributed by atoms with Crippen LogP contribution in [0.4, 0.5) is 0 Å². The van der Waals surface area contributed by atoms with Crippen LogP contribution in [0.3, 0.4) is 0 Å². The molecule has 0 aliphatic heterocycles. The van der Waals surface area contributed by atoms with Crippen LogP contribution in [0.25, 0.3) is 0 Å². The Labute approximate surface area is 86.2 Å². The fourth-order valence-corrected chi connectivity index (χ4v) is 1.14. The molecule has 0 aliphatic carbocycles. The van der Waals surface area contributed by atoms with E-state index in [1.54, 1.807) is 6.92 Å². The van der Waals surface area contributed by atoms with Crippen molar-refractivity contribution in [1.29, 1.82) is 0 Å². The zero-order valence-electron chi connectivity index (χ0n) is 9.59. The molecule has 0 aliphatic rings. The van der Waals surface area contributed by atoms with E-state index in [4.69, 9.17) is 10.5 Å². The predicted octanol–water partition coefficient (Wildman–Crippen LogP) is 0.655. The largest absolute Gasteiger partial charge is 0.379 e. The molecule has 1 amide bonds. The fourth-order valence-electron chi connectivity index (χ4n) is 1.14. The molecule has 0 saturated carbocycles. The van der Waals surface area contributed by atoms with Crippen molar-refractivity contribution in [2.75, 3.05) is 13.2 Å². The molecule has 0 aromatic heterocycles. The second kappa shape index (κ2) is 5.98. The molecule has 0 heterocycles. The summed E-state index contributed by atoms with van der Waals surface area (Å²) in [5.74, 6) is -0.369. The second-order valence-corrected chi connectivity index (χ2v) is 3.79. The molecule has 0 rings (SSSR count). The van der Waals surface area contributed by atoms with Crippen LogP contribution in [0.5, 0.6) is 0 Å². The number of nitrogens with two attached hydrogens (primary N) is 1. The summed E-state index contributed by atoms with van der Waals surface area (Å²) in [5, 5.41) is 3.18. The molecule has 4 heteroatoms. The van der Waals surface area contributed by atoms with Gasteiger partial charge in [-0.2, -0.15) is 0 Å². The number of carbonyl (C=O) groups excluding carboxylic acids is 1. The summed E-state index contributed by atoms with van der Waals surface area (Å²) in [5.41, 5.74) is 4.57. The zero-order valence-corrected chi connectivity index (χ0v) is 9.59. The predicted molar refractivity (Wildman–Crippen MR) is 57.0 cm³/mol. The quantitative estimate of drug-likeness (QED) is 0.637. The van der Waals surface area contributed by atoms with E-state index >= 15 is 0 Å². The standard InChI is InChI=1S/C10H22N2O2/c1-5-8(3)12-10(4,9(11)13)7-14-6-2/h8,12H,5-7H2,1-4H3,(H2,11,13). The number of carbonyl (C=O) groups is 1. The van der Waals surface area contributed by atoms with Gasteiger partial charge in [0.15, 0.2) is 0 Å². The monoisotopic (exact) mass is 202 g/mol. The van der Waals surface area contributed by atoms with Crippen molar-refractivity contribution in [3.63, 3.8) is 0 Å². The Kier molecular flexibility index (Phi) is 5.72. The summed E-state index contributed by atoms with van der Waals surface area (Å²) in [7, 11) is 0. The number of nitrogens with one attached hydrogen (secondary N) is 1.